The fraction of sp³-hybridized carbons (Fsp3) is 0.867. The molecule has 2 N–H and O–H groups in total. The molecule has 0 heterocycles. The molecule has 0 aromatic rings. The molecular formula is C15H25NO3. The third-order valence-corrected chi connectivity index (χ3v) is 5.19. The van der Waals surface area contributed by atoms with Gasteiger partial charge in [-0.3, -0.25) is 9.59 Å². The molecule has 2 saturated carbocycles. The lowest BCUT2D eigenvalue weighted by molar-refractivity contribution is -0.154. The fourth-order valence-corrected chi connectivity index (χ4v) is 3.43. The number of nitrogens with one attached hydrogen (secondary N) is 1. The highest BCUT2D eigenvalue weighted by molar-refractivity contribution is 5.81. The fourth-order valence-electron chi connectivity index (χ4n) is 3.43. The molecule has 2 aliphatic rings. The van der Waals surface area contributed by atoms with E-state index in [-0.39, 0.29) is 17.2 Å². The van der Waals surface area contributed by atoms with Crippen molar-refractivity contribution in [1.82, 2.24) is 5.32 Å². The smallest absolute Gasteiger partial charge is 0.311 e. The summed E-state index contributed by atoms with van der Waals surface area (Å²) in [4.78, 5) is 23.6. The molecule has 0 saturated heterocycles. The Labute approximate surface area is 115 Å². The van der Waals surface area contributed by atoms with Crippen LogP contribution in [-0.4, -0.2) is 23.5 Å². The van der Waals surface area contributed by atoms with Crippen LogP contribution in [-0.2, 0) is 9.59 Å². The number of hydrogen-bond donors (Lipinski definition) is 2. The molecule has 4 nitrogen and oxygen atoms in total. The van der Waals surface area contributed by atoms with Gasteiger partial charge in [0.2, 0.25) is 5.91 Å². The van der Waals surface area contributed by atoms with Crippen molar-refractivity contribution >= 4 is 11.9 Å². The number of carboxylic acid groups (broad SMARTS) is 1. The molecule has 0 aliphatic heterocycles. The van der Waals surface area contributed by atoms with E-state index in [1.165, 1.54) is 6.42 Å². The lowest BCUT2D eigenvalue weighted by Crippen LogP contribution is -2.50. The zero-order valence-corrected chi connectivity index (χ0v) is 12.0. The Morgan fingerprint density at radius 3 is 2.32 bits per heavy atom. The summed E-state index contributed by atoms with van der Waals surface area (Å²) < 4.78 is 0. The van der Waals surface area contributed by atoms with Crippen molar-refractivity contribution in [2.75, 3.05) is 6.54 Å². The quantitative estimate of drug-likeness (QED) is 0.822. The van der Waals surface area contributed by atoms with Gasteiger partial charge in [-0.05, 0) is 31.1 Å². The predicted octanol–water partition coefficient (Wildman–Crippen LogP) is 2.57. The van der Waals surface area contributed by atoms with Crippen LogP contribution in [0.15, 0.2) is 0 Å². The number of carboxylic acids is 1. The van der Waals surface area contributed by atoms with Crippen molar-refractivity contribution in [2.24, 2.45) is 16.7 Å². The van der Waals surface area contributed by atoms with Crippen LogP contribution >= 0.6 is 0 Å². The molecule has 0 bridgehead atoms. The second-order valence-corrected chi connectivity index (χ2v) is 6.94. The molecule has 108 valence electrons. The van der Waals surface area contributed by atoms with Crippen LogP contribution in [0.25, 0.3) is 0 Å². The Morgan fingerprint density at radius 1 is 1.16 bits per heavy atom. The van der Waals surface area contributed by atoms with Crippen molar-refractivity contribution in [3.63, 3.8) is 0 Å². The van der Waals surface area contributed by atoms with E-state index < -0.39 is 11.4 Å². The summed E-state index contributed by atoms with van der Waals surface area (Å²) in [5.74, 6) is -0.675. The van der Waals surface area contributed by atoms with E-state index in [4.69, 9.17) is 0 Å². The minimum Gasteiger partial charge on any atom is -0.481 e. The maximum Gasteiger partial charge on any atom is 0.311 e. The van der Waals surface area contributed by atoms with Gasteiger partial charge >= 0.3 is 5.97 Å². The number of carbonyl (C=O) groups is 2. The van der Waals surface area contributed by atoms with E-state index in [1.807, 2.05) is 0 Å². The Morgan fingerprint density at radius 2 is 1.84 bits per heavy atom. The van der Waals surface area contributed by atoms with E-state index in [2.05, 4.69) is 19.2 Å². The van der Waals surface area contributed by atoms with Crippen LogP contribution in [0, 0.1) is 16.7 Å². The van der Waals surface area contributed by atoms with Crippen LogP contribution in [0.4, 0.5) is 0 Å². The third kappa shape index (κ3) is 2.77. The standard InChI is InChI=1S/C15H25NO3/c1-14(2)7-4-3-6-11(14)12(17)16-10-15(13(18)19)8-5-9-15/h11H,3-10H2,1-2H3,(H,16,17)(H,18,19). The van der Waals surface area contributed by atoms with Crippen molar-refractivity contribution < 1.29 is 14.7 Å². The van der Waals surface area contributed by atoms with Gasteiger partial charge in [-0.1, -0.05) is 33.1 Å². The van der Waals surface area contributed by atoms with Crippen molar-refractivity contribution in [3.05, 3.63) is 0 Å². The average molecular weight is 267 g/mol. The van der Waals surface area contributed by atoms with Crippen LogP contribution in [0.5, 0.6) is 0 Å². The van der Waals surface area contributed by atoms with Crippen LogP contribution in [0.2, 0.25) is 0 Å². The van der Waals surface area contributed by atoms with Crippen LogP contribution < -0.4 is 5.32 Å². The second-order valence-electron chi connectivity index (χ2n) is 6.94. The lowest BCUT2D eigenvalue weighted by Gasteiger charge is -2.40. The Kier molecular flexibility index (Phi) is 3.88. The molecular weight excluding hydrogens is 242 g/mol. The average Bonchev–Trinajstić information content (AvgIpc) is 2.26. The summed E-state index contributed by atoms with van der Waals surface area (Å²) in [5, 5.41) is 12.2. The monoisotopic (exact) mass is 267 g/mol. The van der Waals surface area contributed by atoms with Gasteiger partial charge in [0, 0.05) is 12.5 Å². The summed E-state index contributed by atoms with van der Waals surface area (Å²) >= 11 is 0. The molecule has 1 amide bonds. The van der Waals surface area contributed by atoms with Gasteiger partial charge in [0.25, 0.3) is 0 Å². The highest BCUT2D eigenvalue weighted by atomic mass is 16.4. The topological polar surface area (TPSA) is 66.4 Å². The molecule has 4 heteroatoms. The predicted molar refractivity (Wildman–Crippen MR) is 72.7 cm³/mol. The molecule has 0 aromatic heterocycles. The summed E-state index contributed by atoms with van der Waals surface area (Å²) in [5.41, 5.74) is -0.646. The van der Waals surface area contributed by atoms with Crippen molar-refractivity contribution in [3.8, 4) is 0 Å². The zero-order valence-electron chi connectivity index (χ0n) is 12.0. The molecule has 2 rings (SSSR count). The number of hydrogen-bond acceptors (Lipinski definition) is 2. The van der Waals surface area contributed by atoms with Gasteiger partial charge in [0.1, 0.15) is 0 Å². The number of carbonyl (C=O) groups excluding carboxylic acids is 1. The minimum atomic E-state index is -0.762. The maximum atomic E-state index is 12.3. The first-order valence-corrected chi connectivity index (χ1v) is 7.39. The van der Waals surface area contributed by atoms with E-state index in [0.29, 0.717) is 19.4 Å². The van der Waals surface area contributed by atoms with E-state index in [0.717, 1.165) is 25.7 Å². The molecule has 2 aliphatic carbocycles. The summed E-state index contributed by atoms with van der Waals surface area (Å²) in [6, 6.07) is 0. The summed E-state index contributed by atoms with van der Waals surface area (Å²) in [7, 11) is 0. The van der Waals surface area contributed by atoms with E-state index >= 15 is 0 Å². The molecule has 0 radical (unpaired) electrons. The highest BCUT2D eigenvalue weighted by Crippen LogP contribution is 2.42. The molecule has 0 aromatic carbocycles. The molecule has 0 spiro atoms. The molecule has 2 fully saturated rings. The molecule has 1 atom stereocenters. The van der Waals surface area contributed by atoms with Crippen LogP contribution in [0.3, 0.4) is 0 Å². The van der Waals surface area contributed by atoms with Gasteiger partial charge in [0.05, 0.1) is 5.41 Å². The van der Waals surface area contributed by atoms with Gasteiger partial charge < -0.3 is 10.4 Å². The Bertz CT molecular complexity index is 372. The largest absolute Gasteiger partial charge is 0.481 e. The normalized spacial score (nSPS) is 28.2. The van der Waals surface area contributed by atoms with Crippen molar-refractivity contribution in [2.45, 2.75) is 58.8 Å². The first-order valence-electron chi connectivity index (χ1n) is 7.39. The highest BCUT2D eigenvalue weighted by Gasteiger charge is 2.45. The summed E-state index contributed by atoms with van der Waals surface area (Å²) in [6.07, 6.45) is 6.64. The molecule has 1 unspecified atom stereocenters. The second kappa shape index (κ2) is 5.14. The SMILES string of the molecule is CC1(C)CCCCC1C(=O)NCC1(C(=O)O)CCC1. The number of amides is 1. The Hall–Kier alpha value is -1.06. The first kappa shape index (κ1) is 14.4. The van der Waals surface area contributed by atoms with Gasteiger partial charge in [-0.25, -0.2) is 0 Å². The third-order valence-electron chi connectivity index (χ3n) is 5.19. The number of aliphatic carboxylic acids is 1. The number of rotatable bonds is 4. The Balaban J connectivity index is 1.92. The van der Waals surface area contributed by atoms with Crippen molar-refractivity contribution in [1.29, 1.82) is 0 Å². The first-order chi connectivity index (χ1) is 8.87. The molecule has 19 heavy (non-hydrogen) atoms. The van der Waals surface area contributed by atoms with Gasteiger partial charge in [-0.2, -0.15) is 0 Å². The van der Waals surface area contributed by atoms with E-state index in [1.54, 1.807) is 0 Å². The van der Waals surface area contributed by atoms with Crippen LogP contribution in [0.1, 0.15) is 58.8 Å². The van der Waals surface area contributed by atoms with Gasteiger partial charge in [-0.15, -0.1) is 0 Å². The zero-order chi connectivity index (χ0) is 14.1. The minimum absolute atomic E-state index is 0.0344. The van der Waals surface area contributed by atoms with E-state index in [9.17, 15) is 14.7 Å². The lowest BCUT2D eigenvalue weighted by atomic mass is 9.67. The maximum absolute atomic E-state index is 12.3. The summed E-state index contributed by atoms with van der Waals surface area (Å²) in [6.45, 7) is 4.59. The van der Waals surface area contributed by atoms with Gasteiger partial charge in [0.15, 0.2) is 0 Å².